The largest absolute Gasteiger partial charge is 0.493 e. The van der Waals surface area contributed by atoms with Crippen molar-refractivity contribution in [1.29, 1.82) is 0 Å². The molecular weight excluding hydrogens is 448 g/mol. The monoisotopic (exact) mass is 480 g/mol. The molecule has 0 spiro atoms. The van der Waals surface area contributed by atoms with Gasteiger partial charge in [-0.2, -0.15) is 0 Å². The minimum Gasteiger partial charge on any atom is -0.493 e. The summed E-state index contributed by atoms with van der Waals surface area (Å²) in [7, 11) is 0. The van der Waals surface area contributed by atoms with Gasteiger partial charge < -0.3 is 24.3 Å². The highest BCUT2D eigenvalue weighted by atomic mass is 16.6. The molecule has 0 aliphatic carbocycles. The minimum absolute atomic E-state index is 0.000392. The second-order valence-electron chi connectivity index (χ2n) is 8.50. The lowest BCUT2D eigenvalue weighted by molar-refractivity contribution is -0.136. The van der Waals surface area contributed by atoms with Gasteiger partial charge in [0.05, 0.1) is 18.4 Å². The third-order valence-electron chi connectivity index (χ3n) is 5.29. The molecule has 0 atom stereocenters. The molecule has 8 nitrogen and oxygen atoms in total. The Morgan fingerprint density at radius 1 is 1.09 bits per heavy atom. The van der Waals surface area contributed by atoms with Gasteiger partial charge in [-0.1, -0.05) is 36.4 Å². The number of alkyl carbamates (subject to hydrolysis) is 1. The average Bonchev–Trinajstić information content (AvgIpc) is 3.15. The summed E-state index contributed by atoms with van der Waals surface area (Å²) >= 11 is 0. The summed E-state index contributed by atoms with van der Waals surface area (Å²) in [5.41, 5.74) is 3.61. The smallest absolute Gasteiger partial charge is 0.407 e. The maximum absolute atomic E-state index is 11.9. The molecule has 0 unspecified atom stereocenters. The summed E-state index contributed by atoms with van der Waals surface area (Å²) in [5, 5.41) is 11.8. The normalized spacial score (nSPS) is 10.9. The van der Waals surface area contributed by atoms with Gasteiger partial charge in [-0.05, 0) is 56.0 Å². The first kappa shape index (κ1) is 25.8. The van der Waals surface area contributed by atoms with E-state index < -0.39 is 12.1 Å². The zero-order valence-electron chi connectivity index (χ0n) is 20.4. The molecule has 0 aliphatic heterocycles. The van der Waals surface area contributed by atoms with Crippen molar-refractivity contribution >= 4 is 12.1 Å². The number of oxazole rings is 1. The second kappa shape index (κ2) is 12.6. The number of aromatic nitrogens is 1. The van der Waals surface area contributed by atoms with Gasteiger partial charge in [0.2, 0.25) is 0 Å². The van der Waals surface area contributed by atoms with Gasteiger partial charge in [0.25, 0.3) is 0 Å². The van der Waals surface area contributed by atoms with Crippen LogP contribution < -0.4 is 10.1 Å². The quantitative estimate of drug-likeness (QED) is 0.381. The number of nitrogens with zero attached hydrogens (tertiary/aromatic N) is 1. The Kier molecular flexibility index (Phi) is 9.29. The second-order valence-corrected chi connectivity index (χ2v) is 8.50. The van der Waals surface area contributed by atoms with Crippen LogP contribution >= 0.6 is 0 Å². The Morgan fingerprint density at radius 2 is 1.86 bits per heavy atom. The maximum atomic E-state index is 11.9. The van der Waals surface area contributed by atoms with E-state index in [1.165, 1.54) is 0 Å². The van der Waals surface area contributed by atoms with E-state index >= 15 is 0 Å². The summed E-state index contributed by atoms with van der Waals surface area (Å²) in [6, 6.07) is 15.5. The predicted octanol–water partition coefficient (Wildman–Crippen LogP) is 4.85. The zero-order chi connectivity index (χ0) is 25.2. The van der Waals surface area contributed by atoms with Crippen molar-refractivity contribution in [3.8, 4) is 5.75 Å². The highest BCUT2D eigenvalue weighted by molar-refractivity contribution is 5.68. The number of aryl methyl sites for hydroxylation is 2. The van der Waals surface area contributed by atoms with Crippen molar-refractivity contribution in [2.45, 2.75) is 59.1 Å². The highest BCUT2D eigenvalue weighted by Gasteiger charge is 2.13. The molecule has 0 aliphatic rings. The zero-order valence-corrected chi connectivity index (χ0v) is 20.4. The van der Waals surface area contributed by atoms with Gasteiger partial charge in [-0.25, -0.2) is 9.78 Å². The number of carboxylic acids is 1. The molecule has 3 aromatic rings. The summed E-state index contributed by atoms with van der Waals surface area (Å²) in [6.07, 6.45) is 0.816. The highest BCUT2D eigenvalue weighted by Crippen LogP contribution is 2.21. The lowest BCUT2D eigenvalue weighted by atomic mass is 10.0. The fraction of sp³-hybridized carbons (Fsp3) is 0.370. The van der Waals surface area contributed by atoms with Crippen LogP contribution in [0.4, 0.5) is 4.79 Å². The van der Waals surface area contributed by atoms with Gasteiger partial charge in [0.15, 0.2) is 5.89 Å². The van der Waals surface area contributed by atoms with Gasteiger partial charge >= 0.3 is 12.1 Å². The molecule has 2 N–H and O–H groups in total. The number of ether oxygens (including phenoxy) is 2. The van der Waals surface area contributed by atoms with Crippen molar-refractivity contribution in [1.82, 2.24) is 10.3 Å². The van der Waals surface area contributed by atoms with Crippen LogP contribution in [-0.2, 0) is 35.3 Å². The van der Waals surface area contributed by atoms with Crippen LogP contribution in [0.15, 0.2) is 52.9 Å². The number of carbonyl (C=O) groups is 2. The van der Waals surface area contributed by atoms with E-state index in [9.17, 15) is 9.59 Å². The minimum atomic E-state index is -0.877. The van der Waals surface area contributed by atoms with Crippen molar-refractivity contribution in [3.05, 3.63) is 82.6 Å². The Balaban J connectivity index is 1.60. The molecule has 2 aromatic carbocycles. The third-order valence-corrected chi connectivity index (χ3v) is 5.29. The molecule has 0 saturated carbocycles. The predicted molar refractivity (Wildman–Crippen MR) is 131 cm³/mol. The van der Waals surface area contributed by atoms with E-state index in [-0.39, 0.29) is 19.1 Å². The number of aliphatic carboxylic acids is 1. The maximum Gasteiger partial charge on any atom is 0.407 e. The van der Waals surface area contributed by atoms with Crippen LogP contribution in [0.25, 0.3) is 0 Å². The molecule has 186 valence electrons. The number of rotatable bonds is 12. The summed E-state index contributed by atoms with van der Waals surface area (Å²) in [5.74, 6) is 1.20. The number of carbonyl (C=O) groups excluding carboxylic acids is 1. The standard InChI is InChI=1S/C27H32N2O6/c1-18(2)34-27(32)28-17-22-16-23(11-9-21(22)10-12-26(30)31)33-14-13-24-19(3)35-25(29-24)15-20-7-5-4-6-8-20/h4-9,11,16,18H,10,12-15,17H2,1-3H3,(H,28,32)(H,30,31). The third kappa shape index (κ3) is 8.48. The number of amides is 1. The molecular formula is C27H32N2O6. The first-order chi connectivity index (χ1) is 16.8. The molecule has 0 bridgehead atoms. The van der Waals surface area contributed by atoms with Crippen LogP contribution in [0.1, 0.15) is 54.3 Å². The van der Waals surface area contributed by atoms with Crippen LogP contribution in [0, 0.1) is 6.92 Å². The van der Waals surface area contributed by atoms with E-state index in [1.807, 2.05) is 55.5 Å². The number of carboxylic acid groups (broad SMARTS) is 1. The fourth-order valence-corrected chi connectivity index (χ4v) is 3.60. The lowest BCUT2D eigenvalue weighted by Gasteiger charge is -2.14. The molecule has 3 rings (SSSR count). The SMILES string of the molecule is Cc1oc(Cc2ccccc2)nc1CCOc1ccc(CCC(=O)O)c(CNC(=O)OC(C)C)c1. The van der Waals surface area contributed by atoms with E-state index in [4.69, 9.17) is 19.0 Å². The van der Waals surface area contributed by atoms with Gasteiger partial charge in [0, 0.05) is 25.8 Å². The fourth-order valence-electron chi connectivity index (χ4n) is 3.60. The van der Waals surface area contributed by atoms with Crippen molar-refractivity contribution in [3.63, 3.8) is 0 Å². The van der Waals surface area contributed by atoms with Crippen LogP contribution in [0.3, 0.4) is 0 Å². The van der Waals surface area contributed by atoms with Crippen LogP contribution in [0.5, 0.6) is 5.75 Å². The van der Waals surface area contributed by atoms with E-state index in [0.29, 0.717) is 37.5 Å². The summed E-state index contributed by atoms with van der Waals surface area (Å²) in [6.45, 7) is 6.05. The first-order valence-electron chi connectivity index (χ1n) is 11.7. The molecule has 35 heavy (non-hydrogen) atoms. The Bertz CT molecular complexity index is 1120. The van der Waals surface area contributed by atoms with Crippen LogP contribution in [-0.4, -0.2) is 34.9 Å². The van der Waals surface area contributed by atoms with E-state index in [2.05, 4.69) is 10.3 Å². The van der Waals surface area contributed by atoms with Gasteiger partial charge in [0.1, 0.15) is 11.5 Å². The Hall–Kier alpha value is -3.81. The van der Waals surface area contributed by atoms with E-state index in [1.54, 1.807) is 13.8 Å². The molecule has 0 saturated heterocycles. The van der Waals surface area contributed by atoms with Gasteiger partial charge in [-0.15, -0.1) is 0 Å². The molecule has 1 heterocycles. The lowest BCUT2D eigenvalue weighted by Crippen LogP contribution is -2.26. The van der Waals surface area contributed by atoms with Crippen LogP contribution in [0.2, 0.25) is 0 Å². The van der Waals surface area contributed by atoms with Crippen molar-refractivity contribution < 1.29 is 28.6 Å². The Morgan fingerprint density at radius 3 is 2.57 bits per heavy atom. The topological polar surface area (TPSA) is 111 Å². The number of hydrogen-bond acceptors (Lipinski definition) is 6. The molecule has 0 fully saturated rings. The number of nitrogens with one attached hydrogen (secondary N) is 1. The average molecular weight is 481 g/mol. The first-order valence-corrected chi connectivity index (χ1v) is 11.7. The Labute approximate surface area is 205 Å². The number of benzene rings is 2. The number of hydrogen-bond donors (Lipinski definition) is 2. The molecule has 0 radical (unpaired) electrons. The molecule has 8 heteroatoms. The van der Waals surface area contributed by atoms with Crippen molar-refractivity contribution in [2.75, 3.05) is 6.61 Å². The van der Waals surface area contributed by atoms with E-state index in [0.717, 1.165) is 28.1 Å². The van der Waals surface area contributed by atoms with Gasteiger partial charge in [-0.3, -0.25) is 4.79 Å². The summed E-state index contributed by atoms with van der Waals surface area (Å²) in [4.78, 5) is 27.5. The molecule has 1 amide bonds. The van der Waals surface area contributed by atoms with Crippen molar-refractivity contribution in [2.24, 2.45) is 0 Å². The summed E-state index contributed by atoms with van der Waals surface area (Å²) < 4.78 is 16.9. The molecule has 1 aromatic heterocycles.